The molecule has 0 nitrogen and oxygen atoms in total. The first-order chi connectivity index (χ1) is 13.9. The maximum atomic E-state index is 2.32. The fraction of sp³-hybridized carbons (Fsp3) is 0. The molecule has 7 rings (SSSR count). The average Bonchev–Trinajstić information content (AvgIpc) is 3.10. The molecule has 0 spiro atoms. The van der Waals surface area contributed by atoms with Crippen LogP contribution in [0.1, 0.15) is 0 Å². The highest BCUT2D eigenvalue weighted by Crippen LogP contribution is 2.57. The van der Waals surface area contributed by atoms with E-state index < -0.39 is 0 Å². The van der Waals surface area contributed by atoms with Crippen LogP contribution in [0.2, 0.25) is 0 Å². The molecule has 2 aliphatic rings. The summed E-state index contributed by atoms with van der Waals surface area (Å²) in [4.78, 5) is 0. The van der Waals surface area contributed by atoms with Gasteiger partial charge in [0.05, 0.1) is 0 Å². The molecule has 0 heteroatoms. The molecule has 2 aliphatic carbocycles. The number of fused-ring (bicyclic) bond motifs is 6. The van der Waals surface area contributed by atoms with Gasteiger partial charge in [-0.05, 0) is 66.4 Å². The zero-order valence-electron chi connectivity index (χ0n) is 15.2. The molecule has 0 saturated carbocycles. The fourth-order valence-corrected chi connectivity index (χ4v) is 5.26. The molecule has 0 N–H and O–H groups in total. The van der Waals surface area contributed by atoms with Crippen molar-refractivity contribution >= 4 is 10.8 Å². The zero-order chi connectivity index (χ0) is 18.2. The van der Waals surface area contributed by atoms with Gasteiger partial charge in [0.25, 0.3) is 0 Å². The third kappa shape index (κ3) is 1.62. The van der Waals surface area contributed by atoms with Crippen molar-refractivity contribution in [1.29, 1.82) is 0 Å². The molecule has 0 bridgehead atoms. The third-order valence-electron chi connectivity index (χ3n) is 6.37. The van der Waals surface area contributed by atoms with Gasteiger partial charge in [0.1, 0.15) is 0 Å². The van der Waals surface area contributed by atoms with Gasteiger partial charge < -0.3 is 0 Å². The minimum Gasteiger partial charge on any atom is -0.0616 e. The van der Waals surface area contributed by atoms with E-state index in [1.54, 1.807) is 0 Å². The summed E-state index contributed by atoms with van der Waals surface area (Å²) in [6.45, 7) is 0. The normalized spacial score (nSPS) is 12.3. The Kier molecular flexibility index (Phi) is 2.57. The van der Waals surface area contributed by atoms with Gasteiger partial charge in [-0.15, -0.1) is 0 Å². The number of rotatable bonds is 0. The predicted molar refractivity (Wildman–Crippen MR) is 118 cm³/mol. The van der Waals surface area contributed by atoms with Crippen LogP contribution in [0.3, 0.4) is 0 Å². The van der Waals surface area contributed by atoms with Crippen molar-refractivity contribution < 1.29 is 0 Å². The molecule has 0 unspecified atom stereocenters. The first kappa shape index (κ1) is 14.4. The summed E-state index contributed by atoms with van der Waals surface area (Å²) in [6.07, 6.45) is 0. The van der Waals surface area contributed by atoms with Gasteiger partial charge in [-0.25, -0.2) is 0 Å². The van der Waals surface area contributed by atoms with Crippen molar-refractivity contribution in [3.63, 3.8) is 0 Å². The largest absolute Gasteiger partial charge is 0.0616 e. The smallest absolute Gasteiger partial charge is 0.000785 e. The summed E-state index contributed by atoms with van der Waals surface area (Å²) >= 11 is 0. The Balaban J connectivity index is 1.81. The molecule has 0 amide bonds. The summed E-state index contributed by atoms with van der Waals surface area (Å²) < 4.78 is 0. The molecule has 0 saturated heterocycles. The van der Waals surface area contributed by atoms with E-state index in [2.05, 4.69) is 97.1 Å². The van der Waals surface area contributed by atoms with E-state index in [1.807, 2.05) is 0 Å². The number of benzene rings is 5. The van der Waals surface area contributed by atoms with E-state index in [9.17, 15) is 0 Å². The summed E-state index contributed by atoms with van der Waals surface area (Å²) in [5.41, 5.74) is 13.5. The average molecular weight is 352 g/mol. The molecular weight excluding hydrogens is 336 g/mol. The number of hydrogen-bond acceptors (Lipinski definition) is 0. The molecule has 0 fully saturated rings. The summed E-state index contributed by atoms with van der Waals surface area (Å²) in [7, 11) is 0. The Morgan fingerprint density at radius 3 is 1.43 bits per heavy atom. The Labute approximate surface area is 163 Å². The monoisotopic (exact) mass is 352 g/mol. The Morgan fingerprint density at radius 2 is 0.750 bits per heavy atom. The first-order valence-electron chi connectivity index (χ1n) is 9.80. The second-order valence-electron chi connectivity index (χ2n) is 7.71. The van der Waals surface area contributed by atoms with Gasteiger partial charge in [-0.2, -0.15) is 0 Å². The van der Waals surface area contributed by atoms with Crippen LogP contribution in [-0.2, 0) is 0 Å². The van der Waals surface area contributed by atoms with Crippen molar-refractivity contribution in [2.24, 2.45) is 0 Å². The van der Waals surface area contributed by atoms with Crippen molar-refractivity contribution in [3.8, 4) is 55.6 Å². The van der Waals surface area contributed by atoms with Crippen LogP contribution in [0.5, 0.6) is 0 Å². The lowest BCUT2D eigenvalue weighted by molar-refractivity contribution is 1.55. The summed E-state index contributed by atoms with van der Waals surface area (Å²) in [5, 5.41) is 2.72. The number of hydrogen-bond donors (Lipinski definition) is 0. The Hall–Kier alpha value is -3.64. The van der Waals surface area contributed by atoms with Gasteiger partial charge in [0, 0.05) is 0 Å². The van der Waals surface area contributed by atoms with Gasteiger partial charge in [-0.3, -0.25) is 0 Å². The minimum atomic E-state index is 1.31. The second kappa shape index (κ2) is 4.99. The zero-order valence-corrected chi connectivity index (χ0v) is 15.2. The third-order valence-corrected chi connectivity index (χ3v) is 6.37. The summed E-state index contributed by atoms with van der Waals surface area (Å²) in [6, 6.07) is 35.8. The van der Waals surface area contributed by atoms with Gasteiger partial charge in [-0.1, -0.05) is 97.1 Å². The van der Waals surface area contributed by atoms with E-state index in [1.165, 1.54) is 66.4 Å². The van der Waals surface area contributed by atoms with E-state index in [4.69, 9.17) is 0 Å². The van der Waals surface area contributed by atoms with Crippen LogP contribution in [0.15, 0.2) is 97.1 Å². The van der Waals surface area contributed by atoms with Crippen molar-refractivity contribution in [2.45, 2.75) is 0 Å². The van der Waals surface area contributed by atoms with Gasteiger partial charge in [0.15, 0.2) is 0 Å². The van der Waals surface area contributed by atoms with Crippen LogP contribution in [-0.4, -0.2) is 0 Å². The molecule has 5 aromatic rings. The predicted octanol–water partition coefficient (Wildman–Crippen LogP) is 7.80. The summed E-state index contributed by atoms with van der Waals surface area (Å²) in [5.74, 6) is 0. The molecule has 5 aromatic carbocycles. The van der Waals surface area contributed by atoms with E-state index in [0.29, 0.717) is 0 Å². The van der Waals surface area contributed by atoms with Crippen molar-refractivity contribution in [2.75, 3.05) is 0 Å². The van der Waals surface area contributed by atoms with Gasteiger partial charge in [0.2, 0.25) is 0 Å². The first-order valence-corrected chi connectivity index (χ1v) is 9.80. The quantitative estimate of drug-likeness (QED) is 0.261. The molecule has 128 valence electrons. The molecule has 0 heterocycles. The molecule has 0 radical (unpaired) electrons. The van der Waals surface area contributed by atoms with Gasteiger partial charge >= 0.3 is 0 Å². The van der Waals surface area contributed by atoms with E-state index in [-0.39, 0.29) is 0 Å². The van der Waals surface area contributed by atoms with Crippen LogP contribution in [0, 0.1) is 0 Å². The topological polar surface area (TPSA) is 0 Å². The van der Waals surface area contributed by atoms with Crippen molar-refractivity contribution in [3.05, 3.63) is 97.1 Å². The maximum absolute atomic E-state index is 2.32. The Morgan fingerprint density at radius 1 is 0.286 bits per heavy atom. The van der Waals surface area contributed by atoms with Crippen LogP contribution < -0.4 is 0 Å². The minimum absolute atomic E-state index is 1.31. The van der Waals surface area contributed by atoms with Crippen LogP contribution in [0.25, 0.3) is 66.4 Å². The van der Waals surface area contributed by atoms with E-state index >= 15 is 0 Å². The standard InChI is InChI=1S/C28H16/c1-3-10-20-18(8-1)19-9-2-4-11-21(19)25-16-15-17-7-5-12-23-24-14-6-13-22(20)27(24)28(25)26(17)23/h1-16H. The fourth-order valence-electron chi connectivity index (χ4n) is 5.26. The lowest BCUT2D eigenvalue weighted by atomic mass is 9.81. The SMILES string of the molecule is c1ccc2c(c1)-c1ccccc1-c1ccc3cccc4c3c1-c1c-2cccc1-4. The maximum Gasteiger partial charge on any atom is -0.000785 e. The molecule has 28 heavy (non-hydrogen) atoms. The second-order valence-corrected chi connectivity index (χ2v) is 7.71. The molecular formula is C28H16. The lowest BCUT2D eigenvalue weighted by Crippen LogP contribution is -1.96. The Bertz CT molecular complexity index is 1450. The lowest BCUT2D eigenvalue weighted by Gasteiger charge is -2.22. The molecule has 0 atom stereocenters. The van der Waals surface area contributed by atoms with Crippen LogP contribution >= 0.6 is 0 Å². The highest BCUT2D eigenvalue weighted by atomic mass is 14.3. The van der Waals surface area contributed by atoms with Crippen LogP contribution in [0.4, 0.5) is 0 Å². The highest BCUT2D eigenvalue weighted by Gasteiger charge is 2.30. The highest BCUT2D eigenvalue weighted by molar-refractivity contribution is 6.23. The van der Waals surface area contributed by atoms with Crippen molar-refractivity contribution in [1.82, 2.24) is 0 Å². The van der Waals surface area contributed by atoms with E-state index in [0.717, 1.165) is 0 Å². The molecule has 0 aromatic heterocycles. The molecule has 0 aliphatic heterocycles.